The van der Waals surface area contributed by atoms with E-state index in [4.69, 9.17) is 14.2 Å². The van der Waals surface area contributed by atoms with Crippen LogP contribution in [0, 0.1) is 11.8 Å². The van der Waals surface area contributed by atoms with Crippen molar-refractivity contribution in [3.63, 3.8) is 0 Å². The lowest BCUT2D eigenvalue weighted by molar-refractivity contribution is -0.133. The summed E-state index contributed by atoms with van der Waals surface area (Å²) in [4.78, 5) is 32.5. The zero-order valence-corrected chi connectivity index (χ0v) is 25.7. The van der Waals surface area contributed by atoms with Gasteiger partial charge in [-0.3, -0.25) is 9.59 Å². The van der Waals surface area contributed by atoms with Crippen molar-refractivity contribution in [2.45, 2.75) is 52.2 Å². The first-order chi connectivity index (χ1) is 20.2. The normalized spacial score (nSPS) is 22.6. The van der Waals surface area contributed by atoms with E-state index in [9.17, 15) is 9.59 Å². The number of piperidine rings is 1. The molecule has 2 aliphatic heterocycles. The summed E-state index contributed by atoms with van der Waals surface area (Å²) in [6.07, 6.45) is 2.13. The Labute approximate surface area is 248 Å². The number of para-hydroxylation sites is 1. The van der Waals surface area contributed by atoms with Gasteiger partial charge in [-0.2, -0.15) is 0 Å². The molecule has 2 aliphatic rings. The highest BCUT2D eigenvalue weighted by Crippen LogP contribution is 2.38. The molecule has 3 aromatic rings. The summed E-state index contributed by atoms with van der Waals surface area (Å²) in [6, 6.07) is 13.2. The summed E-state index contributed by atoms with van der Waals surface area (Å²) >= 11 is 0. The van der Waals surface area contributed by atoms with Crippen LogP contribution in [0.1, 0.15) is 49.7 Å². The fraction of sp³-hybridized carbons (Fsp3) is 0.515. The summed E-state index contributed by atoms with van der Waals surface area (Å²) in [7, 11) is 4.79. The summed E-state index contributed by atoms with van der Waals surface area (Å²) in [5.74, 6) is 2.84. The van der Waals surface area contributed by atoms with Crippen molar-refractivity contribution in [1.29, 1.82) is 0 Å². The molecule has 2 amide bonds. The highest BCUT2D eigenvalue weighted by Gasteiger charge is 2.48. The molecule has 0 radical (unpaired) electrons. The molecule has 9 heteroatoms. The van der Waals surface area contributed by atoms with Gasteiger partial charge in [0.25, 0.3) is 5.91 Å². The molecule has 226 valence electrons. The Hall–Kier alpha value is -3.72. The van der Waals surface area contributed by atoms with E-state index in [1.807, 2.05) is 54.0 Å². The second kappa shape index (κ2) is 12.3. The van der Waals surface area contributed by atoms with Crippen molar-refractivity contribution in [3.8, 4) is 17.2 Å². The molecular weight excluding hydrogens is 532 g/mol. The third-order valence-electron chi connectivity index (χ3n) is 8.82. The summed E-state index contributed by atoms with van der Waals surface area (Å²) < 4.78 is 18.6. The number of carbonyl (C=O) groups is 2. The zero-order valence-electron chi connectivity index (χ0n) is 25.7. The van der Waals surface area contributed by atoms with Gasteiger partial charge in [-0.1, -0.05) is 26.0 Å². The first kappa shape index (κ1) is 29.8. The molecule has 1 saturated heterocycles. The van der Waals surface area contributed by atoms with E-state index in [0.717, 1.165) is 42.5 Å². The lowest BCUT2D eigenvalue weighted by Crippen LogP contribution is -2.63. The Kier molecular flexibility index (Phi) is 8.68. The average Bonchev–Trinajstić information content (AvgIpc) is 3.34. The lowest BCUT2D eigenvalue weighted by atomic mass is 9.92. The van der Waals surface area contributed by atoms with Gasteiger partial charge in [-0.05, 0) is 62.4 Å². The number of hydrogen-bond acceptors (Lipinski definition) is 6. The SMILES string of the molecule is COc1ccc2cc3n(c2c1)C[C@@](C)(C(=O)NCCCN1C[C@H](C)C[C@H](C)C1)N(Cc1cccc(OC)c1OC)C3=O. The van der Waals surface area contributed by atoms with Gasteiger partial charge < -0.3 is 33.9 Å². The smallest absolute Gasteiger partial charge is 0.271 e. The van der Waals surface area contributed by atoms with Crippen LogP contribution in [0.3, 0.4) is 0 Å². The highest BCUT2D eigenvalue weighted by molar-refractivity contribution is 6.03. The van der Waals surface area contributed by atoms with Crippen LogP contribution >= 0.6 is 0 Å². The van der Waals surface area contributed by atoms with Gasteiger partial charge in [0.15, 0.2) is 11.5 Å². The summed E-state index contributed by atoms with van der Waals surface area (Å²) in [6.45, 7) is 10.7. The second-order valence-electron chi connectivity index (χ2n) is 12.2. The number of rotatable bonds is 10. The number of likely N-dealkylation sites (tertiary alicyclic amines) is 1. The minimum atomic E-state index is -1.15. The van der Waals surface area contributed by atoms with E-state index in [-0.39, 0.29) is 18.4 Å². The monoisotopic (exact) mass is 576 g/mol. The first-order valence-corrected chi connectivity index (χ1v) is 14.9. The summed E-state index contributed by atoms with van der Waals surface area (Å²) in [5.41, 5.74) is 1.02. The van der Waals surface area contributed by atoms with Crippen LogP contribution in [0.2, 0.25) is 0 Å². The van der Waals surface area contributed by atoms with Crippen molar-refractivity contribution in [3.05, 3.63) is 53.7 Å². The standard InChI is InChI=1S/C33H44N4O5/c1-22-15-23(2)19-35(18-22)14-8-13-34-32(39)33(3)21-36-27-17-26(40-4)12-11-24(27)16-28(36)31(38)37(33)20-25-9-7-10-29(41-5)30(25)42-6/h7,9-12,16-17,22-23H,8,13-15,18-21H2,1-6H3,(H,34,39)/t22-,23+,33-/m0/s1. The van der Waals surface area contributed by atoms with Gasteiger partial charge in [0.05, 0.1) is 39.9 Å². The Balaban J connectivity index is 1.43. The highest BCUT2D eigenvalue weighted by atomic mass is 16.5. The molecular formula is C33H44N4O5. The number of ether oxygens (including phenoxy) is 3. The number of methoxy groups -OCH3 is 3. The predicted molar refractivity (Wildman–Crippen MR) is 163 cm³/mol. The van der Waals surface area contributed by atoms with Crippen molar-refractivity contribution >= 4 is 22.7 Å². The minimum Gasteiger partial charge on any atom is -0.497 e. The van der Waals surface area contributed by atoms with Gasteiger partial charge in [-0.25, -0.2) is 0 Å². The number of benzene rings is 2. The van der Waals surface area contributed by atoms with E-state index < -0.39 is 5.54 Å². The number of nitrogens with one attached hydrogen (secondary N) is 1. The van der Waals surface area contributed by atoms with Crippen LogP contribution in [-0.4, -0.2) is 79.2 Å². The van der Waals surface area contributed by atoms with Crippen molar-refractivity contribution in [2.75, 3.05) is 47.5 Å². The van der Waals surface area contributed by atoms with Crippen molar-refractivity contribution in [1.82, 2.24) is 19.7 Å². The lowest BCUT2D eigenvalue weighted by Gasteiger charge is -2.44. The van der Waals surface area contributed by atoms with E-state index >= 15 is 0 Å². The fourth-order valence-electron chi connectivity index (χ4n) is 6.82. The van der Waals surface area contributed by atoms with Crippen molar-refractivity contribution in [2.24, 2.45) is 11.8 Å². The molecule has 3 atom stereocenters. The molecule has 0 aliphatic carbocycles. The van der Waals surface area contributed by atoms with Gasteiger partial charge in [0.2, 0.25) is 5.91 Å². The first-order valence-electron chi connectivity index (χ1n) is 14.9. The number of aromatic nitrogens is 1. The maximum Gasteiger partial charge on any atom is 0.271 e. The maximum atomic E-state index is 14.2. The van der Waals surface area contributed by atoms with Crippen LogP contribution in [-0.2, 0) is 17.9 Å². The Morgan fingerprint density at radius 3 is 2.48 bits per heavy atom. The quantitative estimate of drug-likeness (QED) is 0.356. The molecule has 0 bridgehead atoms. The van der Waals surface area contributed by atoms with Gasteiger partial charge in [0, 0.05) is 36.7 Å². The third-order valence-corrected chi connectivity index (χ3v) is 8.82. The fourth-order valence-corrected chi connectivity index (χ4v) is 6.82. The van der Waals surface area contributed by atoms with Gasteiger partial charge in [0.1, 0.15) is 17.0 Å². The number of fused-ring (bicyclic) bond motifs is 3. The average molecular weight is 577 g/mol. The van der Waals surface area contributed by atoms with E-state index in [0.29, 0.717) is 47.9 Å². The molecule has 0 spiro atoms. The van der Waals surface area contributed by atoms with Gasteiger partial charge in [-0.15, -0.1) is 0 Å². The number of carbonyl (C=O) groups excluding carboxylic acids is 2. The Morgan fingerprint density at radius 2 is 1.79 bits per heavy atom. The predicted octanol–water partition coefficient (Wildman–Crippen LogP) is 4.57. The van der Waals surface area contributed by atoms with E-state index in [1.54, 1.807) is 26.2 Å². The Bertz CT molecular complexity index is 1440. The number of amides is 2. The van der Waals surface area contributed by atoms with Crippen LogP contribution < -0.4 is 19.5 Å². The second-order valence-corrected chi connectivity index (χ2v) is 12.2. The topological polar surface area (TPSA) is 85.3 Å². The molecule has 1 aromatic heterocycles. The van der Waals surface area contributed by atoms with Crippen LogP contribution in [0.4, 0.5) is 0 Å². The molecule has 0 saturated carbocycles. The molecule has 9 nitrogen and oxygen atoms in total. The zero-order chi connectivity index (χ0) is 30.0. The largest absolute Gasteiger partial charge is 0.497 e. The molecule has 5 rings (SSSR count). The minimum absolute atomic E-state index is 0.173. The third kappa shape index (κ3) is 5.67. The van der Waals surface area contributed by atoms with Crippen LogP contribution in [0.15, 0.2) is 42.5 Å². The van der Waals surface area contributed by atoms with Crippen molar-refractivity contribution < 1.29 is 23.8 Å². The molecule has 0 unspecified atom stereocenters. The van der Waals surface area contributed by atoms with Crippen LogP contribution in [0.25, 0.3) is 10.9 Å². The molecule has 1 fully saturated rings. The van der Waals surface area contributed by atoms with Crippen LogP contribution in [0.5, 0.6) is 17.2 Å². The van der Waals surface area contributed by atoms with E-state index in [1.165, 1.54) is 6.42 Å². The Morgan fingerprint density at radius 1 is 1.02 bits per heavy atom. The molecule has 1 N–H and O–H groups in total. The number of hydrogen-bond donors (Lipinski definition) is 1. The summed E-state index contributed by atoms with van der Waals surface area (Å²) in [5, 5.41) is 4.11. The van der Waals surface area contributed by atoms with E-state index in [2.05, 4.69) is 24.1 Å². The maximum absolute atomic E-state index is 14.2. The number of nitrogens with zero attached hydrogens (tertiary/aromatic N) is 3. The molecule has 42 heavy (non-hydrogen) atoms. The van der Waals surface area contributed by atoms with Gasteiger partial charge >= 0.3 is 0 Å². The molecule has 2 aromatic carbocycles. The molecule has 3 heterocycles.